The largest absolute Gasteiger partial charge is 0.309 e. The lowest BCUT2D eigenvalue weighted by Gasteiger charge is -2.12. The van der Waals surface area contributed by atoms with Crippen LogP contribution in [0.5, 0.6) is 0 Å². The van der Waals surface area contributed by atoms with Crippen LogP contribution in [0.3, 0.4) is 0 Å². The minimum absolute atomic E-state index is 0.362. The summed E-state index contributed by atoms with van der Waals surface area (Å²) in [6.07, 6.45) is 6.55. The van der Waals surface area contributed by atoms with Gasteiger partial charge in [0.05, 0.1) is 5.69 Å². The predicted molar refractivity (Wildman–Crippen MR) is 68.3 cm³/mol. The lowest BCUT2D eigenvalue weighted by atomic mass is 10.2. The fourth-order valence-electron chi connectivity index (χ4n) is 1.43. The maximum atomic E-state index is 4.33. The van der Waals surface area contributed by atoms with E-state index in [9.17, 15) is 0 Å². The molecule has 0 aromatic carbocycles. The molecule has 1 aromatic heterocycles. The van der Waals surface area contributed by atoms with Crippen LogP contribution < -0.4 is 5.32 Å². The average Bonchev–Trinajstić information content (AvgIpc) is 2.30. The Balaban J connectivity index is 2.16. The molecular weight excluding hydrogens is 204 g/mol. The van der Waals surface area contributed by atoms with Crippen LogP contribution >= 0.6 is 11.8 Å². The molecule has 3 heteroatoms. The van der Waals surface area contributed by atoms with Gasteiger partial charge in [0.25, 0.3) is 0 Å². The second-order valence-corrected chi connectivity index (χ2v) is 4.62. The molecule has 0 radical (unpaired) electrons. The van der Waals surface area contributed by atoms with E-state index in [1.807, 2.05) is 30.1 Å². The second-order valence-electron chi connectivity index (χ2n) is 3.63. The van der Waals surface area contributed by atoms with Crippen molar-refractivity contribution in [3.63, 3.8) is 0 Å². The van der Waals surface area contributed by atoms with E-state index in [2.05, 4.69) is 29.5 Å². The molecule has 15 heavy (non-hydrogen) atoms. The van der Waals surface area contributed by atoms with Crippen LogP contribution in [0.2, 0.25) is 0 Å². The molecule has 2 nitrogen and oxygen atoms in total. The summed E-state index contributed by atoms with van der Waals surface area (Å²) < 4.78 is 0. The van der Waals surface area contributed by atoms with Crippen molar-refractivity contribution in [3.05, 3.63) is 30.1 Å². The first-order valence-electron chi connectivity index (χ1n) is 5.48. The number of thioether (sulfide) groups is 1. The SMILES string of the molecule is CSCCCCN[C@H](C)c1ccccn1. The highest BCUT2D eigenvalue weighted by molar-refractivity contribution is 7.98. The van der Waals surface area contributed by atoms with Gasteiger partial charge in [0, 0.05) is 12.2 Å². The number of nitrogens with zero attached hydrogens (tertiary/aromatic N) is 1. The van der Waals surface area contributed by atoms with Gasteiger partial charge in [-0.1, -0.05) is 6.07 Å². The van der Waals surface area contributed by atoms with Crippen molar-refractivity contribution in [2.24, 2.45) is 0 Å². The van der Waals surface area contributed by atoms with Crippen LogP contribution in [-0.4, -0.2) is 23.5 Å². The normalized spacial score (nSPS) is 12.7. The summed E-state index contributed by atoms with van der Waals surface area (Å²) in [6, 6.07) is 6.42. The van der Waals surface area contributed by atoms with E-state index in [1.165, 1.54) is 18.6 Å². The molecule has 1 atom stereocenters. The Morgan fingerprint density at radius 3 is 2.93 bits per heavy atom. The van der Waals surface area contributed by atoms with Gasteiger partial charge >= 0.3 is 0 Å². The zero-order chi connectivity index (χ0) is 10.9. The average molecular weight is 224 g/mol. The minimum atomic E-state index is 0.362. The molecule has 0 saturated carbocycles. The van der Waals surface area contributed by atoms with Gasteiger partial charge in [0.1, 0.15) is 0 Å². The van der Waals surface area contributed by atoms with E-state index in [1.54, 1.807) is 0 Å². The molecule has 1 rings (SSSR count). The van der Waals surface area contributed by atoms with Gasteiger partial charge in [-0.15, -0.1) is 0 Å². The Morgan fingerprint density at radius 2 is 2.27 bits per heavy atom. The number of nitrogens with one attached hydrogen (secondary N) is 1. The second kappa shape index (κ2) is 7.71. The number of rotatable bonds is 7. The molecule has 0 spiro atoms. The number of hydrogen-bond acceptors (Lipinski definition) is 3. The Labute approximate surface area is 96.9 Å². The van der Waals surface area contributed by atoms with Gasteiger partial charge in [-0.05, 0) is 50.5 Å². The molecule has 0 aliphatic rings. The van der Waals surface area contributed by atoms with Crippen molar-refractivity contribution in [1.82, 2.24) is 10.3 Å². The summed E-state index contributed by atoms with van der Waals surface area (Å²) in [5.41, 5.74) is 1.13. The summed E-state index contributed by atoms with van der Waals surface area (Å²) in [6.45, 7) is 3.25. The minimum Gasteiger partial charge on any atom is -0.309 e. The van der Waals surface area contributed by atoms with Crippen LogP contribution in [0.15, 0.2) is 24.4 Å². The fraction of sp³-hybridized carbons (Fsp3) is 0.583. The zero-order valence-corrected chi connectivity index (χ0v) is 10.4. The molecular formula is C12H20N2S. The Bertz CT molecular complexity index is 251. The van der Waals surface area contributed by atoms with Gasteiger partial charge in [-0.2, -0.15) is 11.8 Å². The third-order valence-electron chi connectivity index (χ3n) is 2.36. The first-order valence-corrected chi connectivity index (χ1v) is 6.87. The summed E-state index contributed by atoms with van der Waals surface area (Å²) in [7, 11) is 0. The molecule has 0 aliphatic heterocycles. The van der Waals surface area contributed by atoms with Crippen molar-refractivity contribution >= 4 is 11.8 Å². The van der Waals surface area contributed by atoms with Crippen LogP contribution in [0.1, 0.15) is 31.5 Å². The van der Waals surface area contributed by atoms with Crippen LogP contribution in [-0.2, 0) is 0 Å². The van der Waals surface area contributed by atoms with Crippen molar-refractivity contribution in [2.45, 2.75) is 25.8 Å². The number of aromatic nitrogens is 1. The highest BCUT2D eigenvalue weighted by Crippen LogP contribution is 2.07. The van der Waals surface area contributed by atoms with Gasteiger partial charge in [0.2, 0.25) is 0 Å². The molecule has 0 bridgehead atoms. The van der Waals surface area contributed by atoms with E-state index in [0.29, 0.717) is 6.04 Å². The van der Waals surface area contributed by atoms with Gasteiger partial charge in [0.15, 0.2) is 0 Å². The monoisotopic (exact) mass is 224 g/mol. The van der Waals surface area contributed by atoms with E-state index in [4.69, 9.17) is 0 Å². The van der Waals surface area contributed by atoms with E-state index < -0.39 is 0 Å². The Kier molecular flexibility index (Phi) is 6.44. The summed E-state index contributed by atoms with van der Waals surface area (Å²) in [4.78, 5) is 4.33. The molecule has 0 fully saturated rings. The number of hydrogen-bond donors (Lipinski definition) is 1. The predicted octanol–water partition coefficient (Wildman–Crippen LogP) is 2.88. The third kappa shape index (κ3) is 5.19. The van der Waals surface area contributed by atoms with Crippen LogP contribution in [0, 0.1) is 0 Å². The highest BCUT2D eigenvalue weighted by Gasteiger charge is 2.03. The summed E-state index contributed by atoms with van der Waals surface area (Å²) >= 11 is 1.92. The molecule has 84 valence electrons. The number of unbranched alkanes of at least 4 members (excludes halogenated alkanes) is 1. The van der Waals surface area contributed by atoms with E-state index in [0.717, 1.165) is 12.2 Å². The zero-order valence-electron chi connectivity index (χ0n) is 9.57. The molecule has 0 amide bonds. The molecule has 1 N–H and O–H groups in total. The highest BCUT2D eigenvalue weighted by atomic mass is 32.2. The van der Waals surface area contributed by atoms with Crippen molar-refractivity contribution < 1.29 is 0 Å². The molecule has 0 saturated heterocycles. The van der Waals surface area contributed by atoms with Gasteiger partial charge in [-0.3, -0.25) is 4.98 Å². The van der Waals surface area contributed by atoms with E-state index in [-0.39, 0.29) is 0 Å². The Hall–Kier alpha value is -0.540. The van der Waals surface area contributed by atoms with Crippen molar-refractivity contribution in [3.8, 4) is 0 Å². The van der Waals surface area contributed by atoms with Crippen molar-refractivity contribution in [1.29, 1.82) is 0 Å². The molecule has 0 unspecified atom stereocenters. The standard InChI is InChI=1S/C12H20N2S/c1-11(12-7-3-4-9-14-12)13-8-5-6-10-15-2/h3-4,7,9,11,13H,5-6,8,10H2,1-2H3/t11-/m1/s1. The fourth-order valence-corrected chi connectivity index (χ4v) is 1.92. The topological polar surface area (TPSA) is 24.9 Å². The first kappa shape index (κ1) is 12.5. The lowest BCUT2D eigenvalue weighted by molar-refractivity contribution is 0.545. The van der Waals surface area contributed by atoms with Gasteiger partial charge < -0.3 is 5.32 Å². The van der Waals surface area contributed by atoms with E-state index >= 15 is 0 Å². The van der Waals surface area contributed by atoms with Crippen LogP contribution in [0.4, 0.5) is 0 Å². The number of pyridine rings is 1. The molecule has 1 aromatic rings. The third-order valence-corrected chi connectivity index (χ3v) is 3.05. The maximum Gasteiger partial charge on any atom is 0.0570 e. The molecule has 1 heterocycles. The quantitative estimate of drug-likeness (QED) is 0.721. The summed E-state index contributed by atoms with van der Waals surface area (Å²) in [5.74, 6) is 1.26. The van der Waals surface area contributed by atoms with Gasteiger partial charge in [-0.25, -0.2) is 0 Å². The lowest BCUT2D eigenvalue weighted by Crippen LogP contribution is -2.20. The summed E-state index contributed by atoms with van der Waals surface area (Å²) in [5, 5.41) is 3.49. The Morgan fingerprint density at radius 1 is 1.40 bits per heavy atom. The maximum absolute atomic E-state index is 4.33. The van der Waals surface area contributed by atoms with Crippen molar-refractivity contribution in [2.75, 3.05) is 18.6 Å². The molecule has 0 aliphatic carbocycles. The van der Waals surface area contributed by atoms with Crippen LogP contribution in [0.25, 0.3) is 0 Å². The first-order chi connectivity index (χ1) is 7.34. The smallest absolute Gasteiger partial charge is 0.0570 e.